The lowest BCUT2D eigenvalue weighted by molar-refractivity contribution is -0.141. The van der Waals surface area contributed by atoms with Crippen LogP contribution in [0.1, 0.15) is 12.5 Å². The fraction of sp³-hybridized carbons (Fsp3) is 0.214. The molecule has 0 heterocycles. The van der Waals surface area contributed by atoms with Gasteiger partial charge in [-0.1, -0.05) is 29.9 Å². The van der Waals surface area contributed by atoms with Crippen molar-refractivity contribution < 1.29 is 19.5 Å². The van der Waals surface area contributed by atoms with Gasteiger partial charge in [0.1, 0.15) is 13.2 Å². The normalized spacial score (nSPS) is 10.6. The Labute approximate surface area is 122 Å². The number of benzene rings is 1. The summed E-state index contributed by atoms with van der Waals surface area (Å²) < 4.78 is 4.71. The maximum Gasteiger partial charge on any atom is 0.325 e. The summed E-state index contributed by atoms with van der Waals surface area (Å²) in [5, 5.41) is 16.6. The monoisotopic (exact) mass is 291 g/mol. The number of rotatable bonds is 6. The van der Waals surface area contributed by atoms with Crippen LogP contribution in [0.4, 0.5) is 10.5 Å². The predicted octanol–water partition coefficient (Wildman–Crippen LogP) is 1.74. The second kappa shape index (κ2) is 8.36. The van der Waals surface area contributed by atoms with Gasteiger partial charge in [-0.3, -0.25) is 4.79 Å². The molecule has 0 unspecified atom stereocenters. The summed E-state index contributed by atoms with van der Waals surface area (Å²) in [4.78, 5) is 22.7. The summed E-state index contributed by atoms with van der Waals surface area (Å²) in [5.41, 5.74) is 1.74. The summed E-state index contributed by atoms with van der Waals surface area (Å²) in [5.74, 6) is -0.546. The molecule has 0 atom stereocenters. The first-order valence-electron chi connectivity index (χ1n) is 6.17. The van der Waals surface area contributed by atoms with Crippen molar-refractivity contribution in [2.24, 2.45) is 5.16 Å². The van der Waals surface area contributed by atoms with Gasteiger partial charge in [0.15, 0.2) is 0 Å². The van der Waals surface area contributed by atoms with Crippen LogP contribution in [0.25, 0.3) is 0 Å². The standard InChI is InChI=1S/C14H17N3O4/c1-3-8-21-13(18)9-15-14(19)16-12-6-4-11(5-7-12)10(2)17-20/h3-7,20H,1,8-9H2,2H3,(H2,15,16,19)/b17-10+. The third-order valence-corrected chi connectivity index (χ3v) is 2.47. The van der Waals surface area contributed by atoms with Crippen molar-refractivity contribution in [1.82, 2.24) is 5.32 Å². The minimum Gasteiger partial charge on any atom is -0.460 e. The Morgan fingerprint density at radius 3 is 2.62 bits per heavy atom. The molecule has 112 valence electrons. The molecule has 1 aromatic rings. The molecule has 0 aliphatic rings. The summed E-state index contributed by atoms with van der Waals surface area (Å²) in [7, 11) is 0. The van der Waals surface area contributed by atoms with E-state index in [0.717, 1.165) is 5.56 Å². The minimum absolute atomic E-state index is 0.107. The second-order valence-electron chi connectivity index (χ2n) is 4.04. The zero-order valence-electron chi connectivity index (χ0n) is 11.6. The van der Waals surface area contributed by atoms with Gasteiger partial charge in [-0.2, -0.15) is 0 Å². The number of carbonyl (C=O) groups excluding carboxylic acids is 2. The van der Waals surface area contributed by atoms with E-state index in [2.05, 4.69) is 22.4 Å². The number of esters is 1. The van der Waals surface area contributed by atoms with E-state index < -0.39 is 12.0 Å². The number of urea groups is 1. The quantitative estimate of drug-likeness (QED) is 0.244. The number of nitrogens with one attached hydrogen (secondary N) is 2. The van der Waals surface area contributed by atoms with Crippen molar-refractivity contribution >= 4 is 23.4 Å². The molecule has 21 heavy (non-hydrogen) atoms. The highest BCUT2D eigenvalue weighted by Crippen LogP contribution is 2.10. The number of nitrogens with zero attached hydrogens (tertiary/aromatic N) is 1. The topological polar surface area (TPSA) is 100 Å². The number of hydrogen-bond donors (Lipinski definition) is 3. The van der Waals surface area contributed by atoms with Gasteiger partial charge in [0, 0.05) is 5.69 Å². The molecular formula is C14H17N3O4. The molecule has 0 radical (unpaired) electrons. The van der Waals surface area contributed by atoms with Crippen LogP contribution in [-0.2, 0) is 9.53 Å². The van der Waals surface area contributed by atoms with E-state index in [4.69, 9.17) is 9.94 Å². The number of hydrogen-bond acceptors (Lipinski definition) is 5. The van der Waals surface area contributed by atoms with Crippen molar-refractivity contribution in [3.05, 3.63) is 42.5 Å². The molecule has 0 saturated heterocycles. The van der Waals surface area contributed by atoms with Crippen molar-refractivity contribution in [2.45, 2.75) is 6.92 Å². The summed E-state index contributed by atoms with van der Waals surface area (Å²) >= 11 is 0. The average Bonchev–Trinajstić information content (AvgIpc) is 2.50. The largest absolute Gasteiger partial charge is 0.460 e. The number of anilines is 1. The minimum atomic E-state index is -0.546. The first-order chi connectivity index (χ1) is 10.1. The van der Waals surface area contributed by atoms with Crippen molar-refractivity contribution in [2.75, 3.05) is 18.5 Å². The molecular weight excluding hydrogens is 274 g/mol. The molecule has 3 N–H and O–H groups in total. The number of carbonyl (C=O) groups is 2. The van der Waals surface area contributed by atoms with Crippen molar-refractivity contribution in [1.29, 1.82) is 0 Å². The van der Waals surface area contributed by atoms with Crippen molar-refractivity contribution in [3.8, 4) is 0 Å². The Kier molecular flexibility index (Phi) is 6.46. The third kappa shape index (κ3) is 5.77. The predicted molar refractivity (Wildman–Crippen MR) is 78.6 cm³/mol. The van der Waals surface area contributed by atoms with Crippen LogP contribution in [0, 0.1) is 0 Å². The second-order valence-corrected chi connectivity index (χ2v) is 4.04. The highest BCUT2D eigenvalue weighted by molar-refractivity contribution is 5.99. The maximum absolute atomic E-state index is 11.6. The lowest BCUT2D eigenvalue weighted by Gasteiger charge is -2.08. The Bertz CT molecular complexity index is 538. The maximum atomic E-state index is 11.6. The van der Waals surface area contributed by atoms with Crippen LogP contribution in [-0.4, -0.2) is 36.1 Å². The van der Waals surface area contributed by atoms with Crippen LogP contribution < -0.4 is 10.6 Å². The van der Waals surface area contributed by atoms with E-state index in [0.29, 0.717) is 11.4 Å². The Balaban J connectivity index is 2.44. The molecule has 0 spiro atoms. The lowest BCUT2D eigenvalue weighted by Crippen LogP contribution is -2.34. The van der Waals surface area contributed by atoms with Crippen LogP contribution in [0.2, 0.25) is 0 Å². The fourth-order valence-corrected chi connectivity index (χ4v) is 1.38. The molecule has 0 bridgehead atoms. The van der Waals surface area contributed by atoms with Gasteiger partial charge in [0.25, 0.3) is 0 Å². The highest BCUT2D eigenvalue weighted by Gasteiger charge is 2.06. The molecule has 7 heteroatoms. The molecule has 0 aliphatic carbocycles. The SMILES string of the molecule is C=CCOC(=O)CNC(=O)Nc1ccc(/C(C)=N/O)cc1. The van der Waals surface area contributed by atoms with E-state index >= 15 is 0 Å². The summed E-state index contributed by atoms with van der Waals surface area (Å²) in [6.45, 7) is 4.94. The van der Waals surface area contributed by atoms with E-state index in [9.17, 15) is 9.59 Å². The first-order valence-corrected chi connectivity index (χ1v) is 6.17. The molecule has 1 rings (SSSR count). The van der Waals surface area contributed by atoms with E-state index in [-0.39, 0.29) is 13.2 Å². The van der Waals surface area contributed by atoms with Gasteiger partial charge >= 0.3 is 12.0 Å². The molecule has 0 aliphatic heterocycles. The Hall–Kier alpha value is -2.83. The average molecular weight is 291 g/mol. The van der Waals surface area contributed by atoms with Gasteiger partial charge in [-0.25, -0.2) is 4.79 Å². The van der Waals surface area contributed by atoms with Crippen molar-refractivity contribution in [3.63, 3.8) is 0 Å². The molecule has 0 fully saturated rings. The molecule has 2 amide bonds. The van der Waals surface area contributed by atoms with Crippen LogP contribution >= 0.6 is 0 Å². The zero-order chi connectivity index (χ0) is 15.7. The smallest absolute Gasteiger partial charge is 0.325 e. The van der Waals surface area contributed by atoms with Gasteiger partial charge < -0.3 is 20.6 Å². The van der Waals surface area contributed by atoms with Crippen LogP contribution in [0.15, 0.2) is 42.1 Å². The Morgan fingerprint density at radius 2 is 2.05 bits per heavy atom. The number of amides is 2. The fourth-order valence-electron chi connectivity index (χ4n) is 1.38. The third-order valence-electron chi connectivity index (χ3n) is 2.47. The lowest BCUT2D eigenvalue weighted by atomic mass is 10.1. The summed E-state index contributed by atoms with van der Waals surface area (Å²) in [6.07, 6.45) is 1.44. The van der Waals surface area contributed by atoms with E-state index in [1.165, 1.54) is 6.08 Å². The van der Waals surface area contributed by atoms with Gasteiger partial charge in [-0.15, -0.1) is 0 Å². The van der Waals surface area contributed by atoms with Gasteiger partial charge in [0.05, 0.1) is 5.71 Å². The number of ether oxygens (including phenoxy) is 1. The van der Waals surface area contributed by atoms with Gasteiger partial charge in [-0.05, 0) is 24.6 Å². The molecule has 0 saturated carbocycles. The molecule has 0 aromatic heterocycles. The first kappa shape index (κ1) is 16.2. The van der Waals surface area contributed by atoms with Gasteiger partial charge in [0.2, 0.25) is 0 Å². The van der Waals surface area contributed by atoms with E-state index in [1.54, 1.807) is 31.2 Å². The summed E-state index contributed by atoms with van der Waals surface area (Å²) in [6, 6.07) is 6.18. The zero-order valence-corrected chi connectivity index (χ0v) is 11.6. The number of oxime groups is 1. The Morgan fingerprint density at radius 1 is 1.38 bits per heavy atom. The molecule has 7 nitrogen and oxygen atoms in total. The molecule has 1 aromatic carbocycles. The van der Waals surface area contributed by atoms with Crippen LogP contribution in [0.5, 0.6) is 0 Å². The van der Waals surface area contributed by atoms with E-state index in [1.807, 2.05) is 0 Å². The van der Waals surface area contributed by atoms with Crippen LogP contribution in [0.3, 0.4) is 0 Å². The highest BCUT2D eigenvalue weighted by atomic mass is 16.5.